The largest absolute Gasteiger partial charge is 0.385 e. The molecule has 25 heavy (non-hydrogen) atoms. The van der Waals surface area contributed by atoms with Crippen LogP contribution < -0.4 is 10.6 Å². The van der Waals surface area contributed by atoms with Gasteiger partial charge < -0.3 is 20.3 Å². The molecule has 2 amide bonds. The molecule has 1 saturated heterocycles. The van der Waals surface area contributed by atoms with E-state index in [-0.39, 0.29) is 18.4 Å². The quantitative estimate of drug-likeness (QED) is 0.708. The molecule has 0 saturated carbocycles. The number of anilines is 1. The van der Waals surface area contributed by atoms with Crippen LogP contribution in [0.4, 0.5) is 5.69 Å². The Bertz CT molecular complexity index is 555. The van der Waals surface area contributed by atoms with Gasteiger partial charge in [-0.3, -0.25) is 9.59 Å². The molecule has 1 aliphatic rings. The van der Waals surface area contributed by atoms with Crippen molar-refractivity contribution in [1.29, 1.82) is 0 Å². The van der Waals surface area contributed by atoms with E-state index in [9.17, 15) is 9.59 Å². The summed E-state index contributed by atoms with van der Waals surface area (Å²) in [7, 11) is 1.64. The molecule has 1 aliphatic heterocycles. The molecule has 1 fully saturated rings. The number of likely N-dealkylation sites (tertiary alicyclic amines) is 1. The summed E-state index contributed by atoms with van der Waals surface area (Å²) in [6.07, 6.45) is 5.34. The predicted octanol–water partition coefficient (Wildman–Crippen LogP) is 2.27. The number of carbonyl (C=O) groups excluding carboxylic acids is 2. The first-order valence-corrected chi connectivity index (χ1v) is 9.09. The van der Waals surface area contributed by atoms with Gasteiger partial charge in [0.1, 0.15) is 0 Å². The van der Waals surface area contributed by atoms with Crippen LogP contribution >= 0.6 is 0 Å². The van der Waals surface area contributed by atoms with Crippen LogP contribution in [0.15, 0.2) is 24.3 Å². The van der Waals surface area contributed by atoms with Gasteiger partial charge >= 0.3 is 0 Å². The molecule has 0 radical (unpaired) electrons. The lowest BCUT2D eigenvalue weighted by Crippen LogP contribution is -2.32. The van der Waals surface area contributed by atoms with Crippen LogP contribution in [0.1, 0.15) is 42.5 Å². The fourth-order valence-corrected chi connectivity index (χ4v) is 2.91. The van der Waals surface area contributed by atoms with Gasteiger partial charge in [0.05, 0.1) is 6.54 Å². The van der Waals surface area contributed by atoms with E-state index in [4.69, 9.17) is 4.74 Å². The number of methoxy groups -OCH3 is 1. The van der Waals surface area contributed by atoms with E-state index in [1.54, 1.807) is 7.11 Å². The standard InChI is InChI=1S/C19H29N3O3/c1-25-13-7-10-20-18(23)15-21-17-9-6-8-16(14-17)19(24)22-11-4-2-3-5-12-22/h6,8-9,14,21H,2-5,7,10-13,15H2,1H3,(H,20,23). The molecule has 1 heterocycles. The van der Waals surface area contributed by atoms with Crippen molar-refractivity contribution in [2.24, 2.45) is 0 Å². The summed E-state index contributed by atoms with van der Waals surface area (Å²) in [4.78, 5) is 26.4. The van der Waals surface area contributed by atoms with Gasteiger partial charge in [0, 0.05) is 44.6 Å². The Hall–Kier alpha value is -2.08. The SMILES string of the molecule is COCCCNC(=O)CNc1cccc(C(=O)N2CCCCCC2)c1. The summed E-state index contributed by atoms with van der Waals surface area (Å²) >= 11 is 0. The number of benzene rings is 1. The van der Waals surface area contributed by atoms with Gasteiger partial charge in [-0.2, -0.15) is 0 Å². The maximum atomic E-state index is 12.7. The molecule has 0 bridgehead atoms. The topological polar surface area (TPSA) is 70.7 Å². The van der Waals surface area contributed by atoms with E-state index in [0.717, 1.165) is 38.0 Å². The molecule has 1 aromatic carbocycles. The number of rotatable bonds is 8. The number of nitrogens with one attached hydrogen (secondary N) is 2. The number of nitrogens with zero attached hydrogens (tertiary/aromatic N) is 1. The lowest BCUT2D eigenvalue weighted by atomic mass is 10.1. The Labute approximate surface area is 149 Å². The van der Waals surface area contributed by atoms with Crippen LogP contribution in [0.2, 0.25) is 0 Å². The molecule has 2 N–H and O–H groups in total. The van der Waals surface area contributed by atoms with Crippen LogP contribution in [0, 0.1) is 0 Å². The Morgan fingerprint density at radius 2 is 1.92 bits per heavy atom. The van der Waals surface area contributed by atoms with Gasteiger partial charge in [-0.1, -0.05) is 18.9 Å². The van der Waals surface area contributed by atoms with Crippen LogP contribution in [0.25, 0.3) is 0 Å². The van der Waals surface area contributed by atoms with Crippen LogP contribution in [0.3, 0.4) is 0 Å². The highest BCUT2D eigenvalue weighted by molar-refractivity contribution is 5.95. The molecule has 138 valence electrons. The Balaban J connectivity index is 1.83. The van der Waals surface area contributed by atoms with E-state index in [1.807, 2.05) is 29.2 Å². The van der Waals surface area contributed by atoms with Gasteiger partial charge in [0.15, 0.2) is 0 Å². The van der Waals surface area contributed by atoms with Crippen LogP contribution in [-0.2, 0) is 9.53 Å². The second-order valence-electron chi connectivity index (χ2n) is 6.34. The zero-order valence-corrected chi connectivity index (χ0v) is 15.1. The average Bonchev–Trinajstić information content (AvgIpc) is 2.92. The van der Waals surface area contributed by atoms with E-state index in [0.29, 0.717) is 18.7 Å². The van der Waals surface area contributed by atoms with Gasteiger partial charge in [-0.15, -0.1) is 0 Å². The fourth-order valence-electron chi connectivity index (χ4n) is 2.91. The first kappa shape index (κ1) is 19.2. The number of ether oxygens (including phenoxy) is 1. The zero-order valence-electron chi connectivity index (χ0n) is 15.1. The molecule has 0 aromatic heterocycles. The van der Waals surface area contributed by atoms with Crippen molar-refractivity contribution < 1.29 is 14.3 Å². The minimum Gasteiger partial charge on any atom is -0.385 e. The Morgan fingerprint density at radius 1 is 1.16 bits per heavy atom. The number of carbonyl (C=O) groups is 2. The highest BCUT2D eigenvalue weighted by Gasteiger charge is 2.17. The zero-order chi connectivity index (χ0) is 17.9. The summed E-state index contributed by atoms with van der Waals surface area (Å²) < 4.78 is 4.94. The third-order valence-corrected chi connectivity index (χ3v) is 4.30. The third kappa shape index (κ3) is 6.74. The lowest BCUT2D eigenvalue weighted by Gasteiger charge is -2.20. The minimum atomic E-state index is -0.0691. The van der Waals surface area contributed by atoms with Crippen LogP contribution in [-0.4, -0.2) is 56.6 Å². The van der Waals surface area contributed by atoms with Crippen LogP contribution in [0.5, 0.6) is 0 Å². The van der Waals surface area contributed by atoms with Gasteiger partial charge in [0.2, 0.25) is 5.91 Å². The molecular weight excluding hydrogens is 318 g/mol. The molecule has 2 rings (SSSR count). The fraction of sp³-hybridized carbons (Fsp3) is 0.579. The third-order valence-electron chi connectivity index (χ3n) is 4.30. The highest BCUT2D eigenvalue weighted by atomic mass is 16.5. The number of amides is 2. The van der Waals surface area contributed by atoms with Crippen molar-refractivity contribution in [3.05, 3.63) is 29.8 Å². The van der Waals surface area contributed by atoms with E-state index in [1.165, 1.54) is 12.8 Å². The predicted molar refractivity (Wildman–Crippen MR) is 98.8 cm³/mol. The maximum absolute atomic E-state index is 12.7. The maximum Gasteiger partial charge on any atom is 0.253 e. The van der Waals surface area contributed by atoms with Crippen molar-refractivity contribution in [1.82, 2.24) is 10.2 Å². The molecule has 1 aromatic rings. The van der Waals surface area contributed by atoms with Gasteiger partial charge in [-0.25, -0.2) is 0 Å². The van der Waals surface area contributed by atoms with Crippen molar-refractivity contribution in [2.75, 3.05) is 45.2 Å². The first-order valence-electron chi connectivity index (χ1n) is 9.09. The summed E-state index contributed by atoms with van der Waals surface area (Å²) in [6.45, 7) is 3.09. The van der Waals surface area contributed by atoms with Crippen molar-refractivity contribution in [3.8, 4) is 0 Å². The first-order chi connectivity index (χ1) is 12.2. The molecule has 0 unspecified atom stereocenters. The summed E-state index contributed by atoms with van der Waals surface area (Å²) in [5.74, 6) is 0.00918. The van der Waals surface area contributed by atoms with Crippen molar-refractivity contribution >= 4 is 17.5 Å². The van der Waals surface area contributed by atoms with Gasteiger partial charge in [0.25, 0.3) is 5.91 Å². The summed E-state index contributed by atoms with van der Waals surface area (Å²) in [6, 6.07) is 7.38. The van der Waals surface area contributed by atoms with Crippen molar-refractivity contribution in [2.45, 2.75) is 32.1 Å². The van der Waals surface area contributed by atoms with E-state index in [2.05, 4.69) is 10.6 Å². The number of hydrogen-bond acceptors (Lipinski definition) is 4. The molecule has 6 nitrogen and oxygen atoms in total. The monoisotopic (exact) mass is 347 g/mol. The normalized spacial score (nSPS) is 14.7. The van der Waals surface area contributed by atoms with Gasteiger partial charge in [-0.05, 0) is 37.5 Å². The molecule has 0 aliphatic carbocycles. The second-order valence-corrected chi connectivity index (χ2v) is 6.34. The summed E-state index contributed by atoms with van der Waals surface area (Å²) in [5, 5.41) is 5.91. The van der Waals surface area contributed by atoms with E-state index >= 15 is 0 Å². The van der Waals surface area contributed by atoms with Crippen molar-refractivity contribution in [3.63, 3.8) is 0 Å². The second kappa shape index (κ2) is 10.7. The summed E-state index contributed by atoms with van der Waals surface area (Å²) in [5.41, 5.74) is 1.46. The average molecular weight is 347 g/mol. The molecule has 0 atom stereocenters. The Morgan fingerprint density at radius 3 is 2.64 bits per heavy atom. The minimum absolute atomic E-state index is 0.0691. The number of hydrogen-bond donors (Lipinski definition) is 2. The molecular formula is C19H29N3O3. The Kier molecular flexibility index (Phi) is 8.25. The molecule has 0 spiro atoms. The molecule has 6 heteroatoms. The smallest absolute Gasteiger partial charge is 0.253 e. The van der Waals surface area contributed by atoms with E-state index < -0.39 is 0 Å². The highest BCUT2D eigenvalue weighted by Crippen LogP contribution is 2.16. The lowest BCUT2D eigenvalue weighted by molar-refractivity contribution is -0.119.